The Bertz CT molecular complexity index is 1340. The summed E-state index contributed by atoms with van der Waals surface area (Å²) >= 11 is 1.12. The van der Waals surface area contributed by atoms with Gasteiger partial charge in [-0.1, -0.05) is 72.4 Å². The Labute approximate surface area is 245 Å². The zero-order chi connectivity index (χ0) is 29.8. The van der Waals surface area contributed by atoms with Crippen LogP contribution in [0.5, 0.6) is 0 Å². The van der Waals surface area contributed by atoms with Gasteiger partial charge in [-0.05, 0) is 62.1 Å². The second-order valence-corrected chi connectivity index (χ2v) is 11.7. The van der Waals surface area contributed by atoms with Crippen molar-refractivity contribution in [2.45, 2.75) is 52.9 Å². The first kappa shape index (κ1) is 31.4. The smallest absolute Gasteiger partial charge is 0.407 e. The summed E-state index contributed by atoms with van der Waals surface area (Å²) in [5.74, 6) is -0.823. The van der Waals surface area contributed by atoms with E-state index in [2.05, 4.69) is 10.6 Å². The molecule has 0 spiro atoms. The quantitative estimate of drug-likeness (QED) is 0.264. The lowest BCUT2D eigenvalue weighted by Gasteiger charge is -2.19. The Morgan fingerprint density at radius 3 is 2.20 bits per heavy atom. The fraction of sp³-hybridized carbons (Fsp3) is 0.312. The molecule has 1 unspecified atom stereocenters. The van der Waals surface area contributed by atoms with Crippen LogP contribution in [-0.2, 0) is 38.6 Å². The molecule has 0 radical (unpaired) electrons. The van der Waals surface area contributed by atoms with Crippen molar-refractivity contribution in [3.8, 4) is 0 Å². The van der Waals surface area contributed by atoms with E-state index < -0.39 is 23.6 Å². The highest BCUT2D eigenvalue weighted by Gasteiger charge is 2.21. The molecule has 3 rings (SSSR count). The minimum atomic E-state index is -0.566. The summed E-state index contributed by atoms with van der Waals surface area (Å²) in [6, 6.07) is 23.5. The van der Waals surface area contributed by atoms with Gasteiger partial charge in [0.05, 0.1) is 11.5 Å². The predicted octanol–water partition coefficient (Wildman–Crippen LogP) is 6.15. The third-order valence-corrected chi connectivity index (χ3v) is 6.75. The Morgan fingerprint density at radius 2 is 1.54 bits per heavy atom. The van der Waals surface area contributed by atoms with E-state index in [1.54, 1.807) is 45.0 Å². The largest absolute Gasteiger partial charge is 0.457 e. The molecule has 0 bridgehead atoms. The molecule has 1 atom stereocenters. The standard InChI is InChI=1S/C32H36N2O6S/c1-22(35)41-21-27(17-23-9-6-5-7-10-23)29(36)34-28-12-8-11-26(18-28)30(37)39-20-25-15-13-24(14-16-25)19-33-31(38)40-32(2,3)4/h5-16,18,27H,17,19-21H2,1-4H3,(H,33,38)(H,34,36). The number of esters is 1. The molecule has 0 heterocycles. The summed E-state index contributed by atoms with van der Waals surface area (Å²) in [6.45, 7) is 7.26. The van der Waals surface area contributed by atoms with Gasteiger partial charge in [0.25, 0.3) is 0 Å². The molecule has 0 saturated carbocycles. The zero-order valence-electron chi connectivity index (χ0n) is 23.8. The van der Waals surface area contributed by atoms with Gasteiger partial charge in [0, 0.05) is 24.9 Å². The van der Waals surface area contributed by atoms with E-state index in [1.807, 2.05) is 54.6 Å². The number of amides is 2. The summed E-state index contributed by atoms with van der Waals surface area (Å²) in [6.07, 6.45) is 0.000424. The average Bonchev–Trinajstić information content (AvgIpc) is 2.93. The van der Waals surface area contributed by atoms with Crippen molar-refractivity contribution >= 4 is 40.5 Å². The molecule has 0 aliphatic rings. The normalized spacial score (nSPS) is 11.7. The van der Waals surface area contributed by atoms with Gasteiger partial charge in [-0.15, -0.1) is 0 Å². The van der Waals surface area contributed by atoms with E-state index in [4.69, 9.17) is 9.47 Å². The van der Waals surface area contributed by atoms with Gasteiger partial charge in [-0.25, -0.2) is 9.59 Å². The molecule has 2 N–H and O–H groups in total. The molecule has 3 aromatic carbocycles. The van der Waals surface area contributed by atoms with Crippen LogP contribution in [-0.4, -0.2) is 34.4 Å². The molecule has 2 amide bonds. The van der Waals surface area contributed by atoms with Crippen molar-refractivity contribution in [2.24, 2.45) is 5.92 Å². The number of nitrogens with one attached hydrogen (secondary N) is 2. The molecule has 0 aliphatic carbocycles. The Kier molecular flexibility index (Phi) is 11.5. The molecule has 216 valence electrons. The molecule has 0 aromatic heterocycles. The zero-order valence-corrected chi connectivity index (χ0v) is 24.6. The molecule has 0 saturated heterocycles. The van der Waals surface area contributed by atoms with Crippen LogP contribution in [0.3, 0.4) is 0 Å². The average molecular weight is 577 g/mol. The van der Waals surface area contributed by atoms with Gasteiger partial charge in [0.15, 0.2) is 5.12 Å². The first-order valence-electron chi connectivity index (χ1n) is 13.3. The van der Waals surface area contributed by atoms with Crippen LogP contribution >= 0.6 is 11.8 Å². The van der Waals surface area contributed by atoms with Gasteiger partial charge < -0.3 is 20.1 Å². The third-order valence-electron chi connectivity index (χ3n) is 5.78. The number of hydrogen-bond donors (Lipinski definition) is 2. The molecule has 41 heavy (non-hydrogen) atoms. The minimum absolute atomic E-state index is 0.0484. The van der Waals surface area contributed by atoms with E-state index in [0.717, 1.165) is 28.5 Å². The second-order valence-electron chi connectivity index (χ2n) is 10.5. The van der Waals surface area contributed by atoms with E-state index in [-0.39, 0.29) is 17.6 Å². The van der Waals surface area contributed by atoms with Crippen LogP contribution in [0.2, 0.25) is 0 Å². The monoisotopic (exact) mass is 576 g/mol. The van der Waals surface area contributed by atoms with Crippen molar-refractivity contribution in [3.63, 3.8) is 0 Å². The van der Waals surface area contributed by atoms with E-state index >= 15 is 0 Å². The molecule has 9 heteroatoms. The van der Waals surface area contributed by atoms with E-state index in [9.17, 15) is 19.2 Å². The highest BCUT2D eigenvalue weighted by Crippen LogP contribution is 2.20. The highest BCUT2D eigenvalue weighted by atomic mass is 32.2. The fourth-order valence-electron chi connectivity index (χ4n) is 3.79. The van der Waals surface area contributed by atoms with Crippen LogP contribution in [0.1, 0.15) is 54.7 Å². The number of alkyl carbamates (subject to hydrolysis) is 1. The van der Waals surface area contributed by atoms with Crippen LogP contribution in [0, 0.1) is 5.92 Å². The number of benzene rings is 3. The van der Waals surface area contributed by atoms with Gasteiger partial charge in [-0.3, -0.25) is 9.59 Å². The van der Waals surface area contributed by atoms with Crippen LogP contribution in [0.25, 0.3) is 0 Å². The third kappa shape index (κ3) is 11.5. The molecule has 8 nitrogen and oxygen atoms in total. The molecular formula is C32H36N2O6S. The summed E-state index contributed by atoms with van der Waals surface area (Å²) in [5.41, 5.74) is 2.87. The number of carbonyl (C=O) groups is 4. The van der Waals surface area contributed by atoms with Crippen molar-refractivity contribution in [3.05, 3.63) is 101 Å². The maximum absolute atomic E-state index is 13.1. The molecule has 0 aliphatic heterocycles. The van der Waals surface area contributed by atoms with Crippen LogP contribution < -0.4 is 10.6 Å². The Balaban J connectivity index is 1.54. The first-order chi connectivity index (χ1) is 19.5. The number of carbonyl (C=O) groups excluding carboxylic acids is 4. The minimum Gasteiger partial charge on any atom is -0.457 e. The predicted molar refractivity (Wildman–Crippen MR) is 160 cm³/mol. The summed E-state index contributed by atoms with van der Waals surface area (Å²) in [7, 11) is 0. The molecule has 0 fully saturated rings. The topological polar surface area (TPSA) is 111 Å². The lowest BCUT2D eigenvalue weighted by molar-refractivity contribution is -0.119. The van der Waals surface area contributed by atoms with Crippen molar-refractivity contribution in [1.82, 2.24) is 5.32 Å². The number of ether oxygens (including phenoxy) is 2. The summed E-state index contributed by atoms with van der Waals surface area (Å²) in [5, 5.41) is 5.54. The summed E-state index contributed by atoms with van der Waals surface area (Å²) in [4.78, 5) is 49.2. The van der Waals surface area contributed by atoms with Gasteiger partial charge in [0.2, 0.25) is 5.91 Å². The van der Waals surface area contributed by atoms with Crippen molar-refractivity contribution in [2.75, 3.05) is 11.1 Å². The lowest BCUT2D eigenvalue weighted by Crippen LogP contribution is -2.32. The van der Waals surface area contributed by atoms with Crippen LogP contribution in [0.4, 0.5) is 10.5 Å². The Hall–Kier alpha value is -4.11. The highest BCUT2D eigenvalue weighted by molar-refractivity contribution is 8.13. The Morgan fingerprint density at radius 1 is 0.854 bits per heavy atom. The van der Waals surface area contributed by atoms with Gasteiger partial charge >= 0.3 is 12.1 Å². The molecule has 3 aromatic rings. The lowest BCUT2D eigenvalue weighted by atomic mass is 10.00. The fourth-order valence-corrected chi connectivity index (χ4v) is 4.49. The van der Waals surface area contributed by atoms with E-state index in [1.165, 1.54) is 6.92 Å². The second kappa shape index (κ2) is 15.0. The number of rotatable bonds is 11. The van der Waals surface area contributed by atoms with E-state index in [0.29, 0.717) is 30.0 Å². The van der Waals surface area contributed by atoms with Crippen molar-refractivity contribution in [1.29, 1.82) is 0 Å². The maximum Gasteiger partial charge on any atom is 0.407 e. The van der Waals surface area contributed by atoms with Gasteiger partial charge in [-0.2, -0.15) is 0 Å². The number of anilines is 1. The maximum atomic E-state index is 13.1. The van der Waals surface area contributed by atoms with Gasteiger partial charge in [0.1, 0.15) is 12.2 Å². The number of hydrogen-bond acceptors (Lipinski definition) is 7. The SMILES string of the molecule is CC(=O)SCC(Cc1ccccc1)C(=O)Nc1cccc(C(=O)OCc2ccc(CNC(=O)OC(C)(C)C)cc2)c1. The van der Waals surface area contributed by atoms with Crippen LogP contribution in [0.15, 0.2) is 78.9 Å². The number of thioether (sulfide) groups is 1. The van der Waals surface area contributed by atoms with Crippen molar-refractivity contribution < 1.29 is 28.7 Å². The first-order valence-corrected chi connectivity index (χ1v) is 14.3. The molecular weight excluding hydrogens is 540 g/mol. The summed E-state index contributed by atoms with van der Waals surface area (Å²) < 4.78 is 10.7.